The van der Waals surface area contributed by atoms with Crippen LogP contribution in [0.25, 0.3) is 0 Å². The number of likely N-dealkylation sites (tertiary alicyclic amines) is 1. The number of aromatic nitrogens is 1. The van der Waals surface area contributed by atoms with Crippen molar-refractivity contribution in [3.63, 3.8) is 0 Å². The molecule has 7 heteroatoms. The van der Waals surface area contributed by atoms with Gasteiger partial charge in [-0.05, 0) is 69.3 Å². The van der Waals surface area contributed by atoms with Crippen molar-refractivity contribution in [2.75, 3.05) is 26.7 Å². The first-order chi connectivity index (χ1) is 14.9. The van der Waals surface area contributed by atoms with Crippen LogP contribution in [0.2, 0.25) is 5.02 Å². The Morgan fingerprint density at radius 3 is 2.71 bits per heavy atom. The number of rotatable bonds is 8. The molecule has 2 aliphatic rings. The van der Waals surface area contributed by atoms with Gasteiger partial charge < -0.3 is 14.1 Å². The molecule has 0 bridgehead atoms. The predicted octanol–water partition coefficient (Wildman–Crippen LogP) is 4.72. The van der Waals surface area contributed by atoms with Gasteiger partial charge >= 0.3 is 0 Å². The van der Waals surface area contributed by atoms with E-state index in [1.807, 2.05) is 33.0 Å². The molecular formula is C24H32ClN3O3. The van der Waals surface area contributed by atoms with Crippen molar-refractivity contribution in [3.05, 3.63) is 46.1 Å². The van der Waals surface area contributed by atoms with E-state index in [1.165, 1.54) is 12.8 Å². The van der Waals surface area contributed by atoms with Crippen LogP contribution in [0.5, 0.6) is 5.75 Å². The Bertz CT molecular complexity index is 917. The van der Waals surface area contributed by atoms with Gasteiger partial charge in [-0.15, -0.1) is 0 Å². The fourth-order valence-electron chi connectivity index (χ4n) is 4.47. The molecule has 2 fully saturated rings. The van der Waals surface area contributed by atoms with Gasteiger partial charge in [-0.25, -0.2) is 4.98 Å². The van der Waals surface area contributed by atoms with Crippen molar-refractivity contribution in [1.82, 2.24) is 14.8 Å². The smallest absolute Gasteiger partial charge is 0.291 e. The summed E-state index contributed by atoms with van der Waals surface area (Å²) in [7, 11) is 1.82. The molecule has 0 atom stereocenters. The first-order valence-corrected chi connectivity index (χ1v) is 11.7. The summed E-state index contributed by atoms with van der Waals surface area (Å²) < 4.78 is 11.7. The van der Waals surface area contributed by atoms with E-state index < -0.39 is 0 Å². The SMILES string of the molecule is CCc1nc(C)c(C(=O)N(C)CC2CC(Oc3ccc(CN4CCCC4)c(Cl)c3)C2)o1. The fraction of sp³-hybridized carbons (Fsp3) is 0.583. The molecule has 1 aromatic heterocycles. The molecule has 1 aromatic carbocycles. The Hall–Kier alpha value is -2.05. The summed E-state index contributed by atoms with van der Waals surface area (Å²) in [5, 5.41) is 0.777. The number of ether oxygens (including phenoxy) is 1. The average molecular weight is 446 g/mol. The Labute approximate surface area is 189 Å². The van der Waals surface area contributed by atoms with Gasteiger partial charge in [0.1, 0.15) is 5.75 Å². The largest absolute Gasteiger partial charge is 0.490 e. The van der Waals surface area contributed by atoms with Crippen molar-refractivity contribution in [2.24, 2.45) is 5.92 Å². The zero-order valence-corrected chi connectivity index (χ0v) is 19.5. The number of oxazole rings is 1. The van der Waals surface area contributed by atoms with E-state index in [-0.39, 0.29) is 12.0 Å². The molecule has 2 heterocycles. The van der Waals surface area contributed by atoms with E-state index in [1.54, 1.807) is 4.90 Å². The second kappa shape index (κ2) is 9.61. The maximum absolute atomic E-state index is 12.7. The van der Waals surface area contributed by atoms with Crippen molar-refractivity contribution < 1.29 is 13.9 Å². The molecule has 31 heavy (non-hydrogen) atoms. The maximum atomic E-state index is 12.7. The third kappa shape index (κ3) is 5.24. The fourth-order valence-corrected chi connectivity index (χ4v) is 4.70. The third-order valence-corrected chi connectivity index (χ3v) is 6.68. The highest BCUT2D eigenvalue weighted by Crippen LogP contribution is 2.34. The normalized spacial score (nSPS) is 21.2. The minimum atomic E-state index is -0.102. The molecule has 1 aliphatic heterocycles. The predicted molar refractivity (Wildman–Crippen MR) is 121 cm³/mol. The van der Waals surface area contributed by atoms with Gasteiger partial charge in [-0.1, -0.05) is 24.6 Å². The highest BCUT2D eigenvalue weighted by atomic mass is 35.5. The molecule has 2 aromatic rings. The van der Waals surface area contributed by atoms with Gasteiger partial charge in [0, 0.05) is 31.6 Å². The Morgan fingerprint density at radius 2 is 2.06 bits per heavy atom. The summed E-state index contributed by atoms with van der Waals surface area (Å²) in [5.74, 6) is 2.12. The molecular weight excluding hydrogens is 414 g/mol. The lowest BCUT2D eigenvalue weighted by atomic mass is 9.82. The first kappa shape index (κ1) is 22.2. The van der Waals surface area contributed by atoms with Crippen LogP contribution < -0.4 is 4.74 Å². The number of hydrogen-bond donors (Lipinski definition) is 0. The number of carbonyl (C=O) groups is 1. The summed E-state index contributed by atoms with van der Waals surface area (Å²) in [4.78, 5) is 21.2. The molecule has 0 unspecified atom stereocenters. The summed E-state index contributed by atoms with van der Waals surface area (Å²) in [5.41, 5.74) is 1.82. The number of amides is 1. The van der Waals surface area contributed by atoms with Crippen LogP contribution in [0.3, 0.4) is 0 Å². The van der Waals surface area contributed by atoms with Gasteiger partial charge in [0.25, 0.3) is 5.91 Å². The molecule has 0 spiro atoms. The molecule has 168 valence electrons. The van der Waals surface area contributed by atoms with Crippen LogP contribution >= 0.6 is 11.6 Å². The van der Waals surface area contributed by atoms with E-state index in [0.717, 1.165) is 48.8 Å². The van der Waals surface area contributed by atoms with Crippen LogP contribution in [-0.2, 0) is 13.0 Å². The zero-order valence-electron chi connectivity index (χ0n) is 18.7. The zero-order chi connectivity index (χ0) is 22.0. The molecule has 1 aliphatic carbocycles. The van der Waals surface area contributed by atoms with Crippen LogP contribution in [0.1, 0.15) is 60.3 Å². The van der Waals surface area contributed by atoms with Gasteiger partial charge in [-0.2, -0.15) is 0 Å². The van der Waals surface area contributed by atoms with Crippen molar-refractivity contribution in [1.29, 1.82) is 0 Å². The van der Waals surface area contributed by atoms with E-state index in [9.17, 15) is 4.79 Å². The van der Waals surface area contributed by atoms with Crippen LogP contribution in [0, 0.1) is 12.8 Å². The molecule has 1 saturated heterocycles. The summed E-state index contributed by atoms with van der Waals surface area (Å²) >= 11 is 6.50. The molecule has 6 nitrogen and oxygen atoms in total. The molecule has 1 amide bonds. The Balaban J connectivity index is 1.24. The maximum Gasteiger partial charge on any atom is 0.291 e. The van der Waals surface area contributed by atoms with Gasteiger partial charge in [0.05, 0.1) is 11.8 Å². The monoisotopic (exact) mass is 445 g/mol. The lowest BCUT2D eigenvalue weighted by molar-refractivity contribution is 0.0406. The van der Waals surface area contributed by atoms with Crippen molar-refractivity contribution in [3.8, 4) is 5.75 Å². The molecule has 0 N–H and O–H groups in total. The van der Waals surface area contributed by atoms with Gasteiger partial charge in [0.2, 0.25) is 5.76 Å². The molecule has 1 saturated carbocycles. The second-order valence-electron chi connectivity index (χ2n) is 8.88. The van der Waals surface area contributed by atoms with Crippen LogP contribution in [-0.4, -0.2) is 53.5 Å². The standard InChI is InChI=1S/C24H32ClN3O3/c1-4-22-26-16(2)23(31-22)24(29)27(3)14-17-11-20(12-17)30-19-8-7-18(21(25)13-19)15-28-9-5-6-10-28/h7-8,13,17,20H,4-6,9-12,14-15H2,1-3H3. The van der Waals surface area contributed by atoms with Gasteiger partial charge in [-0.3, -0.25) is 9.69 Å². The summed E-state index contributed by atoms with van der Waals surface area (Å²) in [6.07, 6.45) is 5.27. The van der Waals surface area contributed by atoms with E-state index in [2.05, 4.69) is 16.0 Å². The number of aryl methyl sites for hydroxylation is 2. The minimum Gasteiger partial charge on any atom is -0.490 e. The number of benzene rings is 1. The quantitative estimate of drug-likeness (QED) is 0.588. The molecule has 4 rings (SSSR count). The van der Waals surface area contributed by atoms with E-state index in [0.29, 0.717) is 36.2 Å². The lowest BCUT2D eigenvalue weighted by Crippen LogP contribution is -2.42. The topological polar surface area (TPSA) is 58.8 Å². The number of nitrogens with zero attached hydrogens (tertiary/aromatic N) is 3. The second-order valence-corrected chi connectivity index (χ2v) is 9.28. The third-order valence-electron chi connectivity index (χ3n) is 6.33. The van der Waals surface area contributed by atoms with Crippen LogP contribution in [0.4, 0.5) is 0 Å². The first-order valence-electron chi connectivity index (χ1n) is 11.3. The highest BCUT2D eigenvalue weighted by molar-refractivity contribution is 6.31. The summed E-state index contributed by atoms with van der Waals surface area (Å²) in [6, 6.07) is 6.05. The number of halogens is 1. The van der Waals surface area contributed by atoms with Gasteiger partial charge in [0.15, 0.2) is 5.89 Å². The van der Waals surface area contributed by atoms with Crippen LogP contribution in [0.15, 0.2) is 22.6 Å². The lowest BCUT2D eigenvalue weighted by Gasteiger charge is -2.37. The van der Waals surface area contributed by atoms with Crippen molar-refractivity contribution >= 4 is 17.5 Å². The number of carbonyl (C=O) groups excluding carboxylic acids is 1. The minimum absolute atomic E-state index is 0.102. The Kier molecular flexibility index (Phi) is 6.87. The average Bonchev–Trinajstić information content (AvgIpc) is 3.37. The van der Waals surface area contributed by atoms with E-state index in [4.69, 9.17) is 20.8 Å². The Morgan fingerprint density at radius 1 is 1.32 bits per heavy atom. The summed E-state index contributed by atoms with van der Waals surface area (Å²) in [6.45, 7) is 7.70. The number of hydrogen-bond acceptors (Lipinski definition) is 5. The van der Waals surface area contributed by atoms with E-state index >= 15 is 0 Å². The van der Waals surface area contributed by atoms with Crippen molar-refractivity contribution in [2.45, 2.75) is 58.6 Å². The highest BCUT2D eigenvalue weighted by Gasteiger charge is 2.33. The molecule has 0 radical (unpaired) electrons.